The van der Waals surface area contributed by atoms with E-state index in [4.69, 9.17) is 82.2 Å². The maximum Gasteiger partial charge on any atom is 0.407 e. The van der Waals surface area contributed by atoms with Crippen LogP contribution in [0.2, 0.25) is 25.7 Å². The van der Waals surface area contributed by atoms with Crippen molar-refractivity contribution in [2.24, 2.45) is 0 Å². The second-order valence-electron chi connectivity index (χ2n) is 17.4. The first-order chi connectivity index (χ1) is 30.8. The third-order valence-electron chi connectivity index (χ3n) is 11.1. The summed E-state index contributed by atoms with van der Waals surface area (Å²) in [6.07, 6.45) is -9.11. The lowest BCUT2D eigenvalue weighted by Gasteiger charge is -2.51. The molecule has 346 valence electrons. The van der Waals surface area contributed by atoms with Crippen LogP contribution in [0.1, 0.15) is 35.5 Å². The van der Waals surface area contributed by atoms with E-state index in [-0.39, 0.29) is 19.8 Å². The number of hydrogen-bond donors (Lipinski definition) is 1. The van der Waals surface area contributed by atoms with Crippen molar-refractivity contribution in [3.63, 3.8) is 0 Å². The van der Waals surface area contributed by atoms with E-state index in [1.165, 1.54) is 0 Å². The number of rotatable bonds is 18. The number of nitrogens with one attached hydrogen (secondary N) is 1. The number of carbonyl (C=O) groups is 1. The normalized spacial score (nSPS) is 28.5. The zero-order chi connectivity index (χ0) is 45.1. The van der Waals surface area contributed by atoms with Gasteiger partial charge in [0.05, 0.1) is 32.5 Å². The molecule has 0 unspecified atom stereocenters. The van der Waals surface area contributed by atoms with Gasteiger partial charge in [0.25, 0.3) is 0 Å². The van der Waals surface area contributed by atoms with Gasteiger partial charge in [0.15, 0.2) is 18.9 Å². The van der Waals surface area contributed by atoms with Crippen molar-refractivity contribution in [3.05, 3.63) is 144 Å². The summed E-state index contributed by atoms with van der Waals surface area (Å²) in [7, 11) is -1.57. The molecule has 64 heavy (non-hydrogen) atoms. The molecule has 3 aliphatic heterocycles. The summed E-state index contributed by atoms with van der Waals surface area (Å²) in [6, 6.07) is 39.0. The van der Waals surface area contributed by atoms with Crippen molar-refractivity contribution in [1.29, 1.82) is 0 Å². The summed E-state index contributed by atoms with van der Waals surface area (Å²) in [6.45, 7) is 9.42. The number of amides is 1. The fourth-order valence-electron chi connectivity index (χ4n) is 7.75. The van der Waals surface area contributed by atoms with Gasteiger partial charge in [-0.1, -0.05) is 176 Å². The molecule has 1 amide bonds. The molecule has 4 aromatic rings. The Morgan fingerprint density at radius 3 is 1.75 bits per heavy atom. The lowest BCUT2D eigenvalue weighted by atomic mass is 9.94. The van der Waals surface area contributed by atoms with Crippen LogP contribution in [0.5, 0.6) is 0 Å². The van der Waals surface area contributed by atoms with E-state index >= 15 is 0 Å². The Balaban J connectivity index is 1.26. The second-order valence-corrected chi connectivity index (χ2v) is 25.5. The van der Waals surface area contributed by atoms with Crippen molar-refractivity contribution >= 4 is 49.0 Å². The molecule has 3 fully saturated rings. The van der Waals surface area contributed by atoms with Crippen LogP contribution >= 0.6 is 34.8 Å². The molecular formula is C48H58Cl3NO11Si. The van der Waals surface area contributed by atoms with Gasteiger partial charge in [-0.3, -0.25) is 0 Å². The van der Waals surface area contributed by atoms with Crippen LogP contribution in [-0.2, 0) is 67.2 Å². The molecular weight excluding hydrogens is 901 g/mol. The SMILES string of the molecule is C[C@H]1O[C@H](O[C@@H]2[C@@H](NC(=O)OCC(Cl)(Cl)Cl)[C@H](OCC[Si](C)(C)C)O[C@@H]3CO[C@@H](c4ccccc4)O[C@@H]23)[C@H](OCc2ccccc2)[C@@H](OCc2ccccc2)[C@H]1OCc1ccccc1. The van der Waals surface area contributed by atoms with E-state index in [2.05, 4.69) is 25.0 Å². The smallest absolute Gasteiger partial charge is 0.407 e. The molecule has 3 heterocycles. The third-order valence-corrected chi connectivity index (χ3v) is 13.1. The van der Waals surface area contributed by atoms with Crippen molar-refractivity contribution < 1.29 is 52.2 Å². The average Bonchev–Trinajstić information content (AvgIpc) is 3.28. The number of hydrogen-bond acceptors (Lipinski definition) is 11. The van der Waals surface area contributed by atoms with E-state index in [1.54, 1.807) is 0 Å². The fourth-order valence-corrected chi connectivity index (χ4v) is 8.64. The molecule has 1 N–H and O–H groups in total. The zero-order valence-corrected chi connectivity index (χ0v) is 39.7. The summed E-state index contributed by atoms with van der Waals surface area (Å²) in [5.74, 6) is 0. The first-order valence-corrected chi connectivity index (χ1v) is 26.5. The quantitative estimate of drug-likeness (QED) is 0.0759. The molecule has 0 spiro atoms. The van der Waals surface area contributed by atoms with Gasteiger partial charge in [-0.05, 0) is 29.7 Å². The van der Waals surface area contributed by atoms with Gasteiger partial charge >= 0.3 is 6.09 Å². The summed E-state index contributed by atoms with van der Waals surface area (Å²) < 4.78 is 64.2. The number of benzene rings is 4. The second kappa shape index (κ2) is 23.1. The number of alkyl halides is 3. The fraction of sp³-hybridized carbons (Fsp3) is 0.479. The van der Waals surface area contributed by atoms with Crippen LogP contribution in [0.3, 0.4) is 0 Å². The van der Waals surface area contributed by atoms with Crippen molar-refractivity contribution in [1.82, 2.24) is 5.32 Å². The van der Waals surface area contributed by atoms with Gasteiger partial charge in [-0.2, -0.15) is 0 Å². The Labute approximate surface area is 391 Å². The summed E-state index contributed by atoms with van der Waals surface area (Å²) in [4.78, 5) is 13.7. The van der Waals surface area contributed by atoms with Gasteiger partial charge in [-0.15, -0.1) is 0 Å². The zero-order valence-electron chi connectivity index (χ0n) is 36.5. The highest BCUT2D eigenvalue weighted by atomic mass is 35.6. The van der Waals surface area contributed by atoms with Crippen molar-refractivity contribution in [3.8, 4) is 0 Å². The molecule has 7 rings (SSSR count). The van der Waals surface area contributed by atoms with Crippen molar-refractivity contribution in [2.75, 3.05) is 19.8 Å². The molecule has 3 aliphatic rings. The Morgan fingerprint density at radius 2 is 1.20 bits per heavy atom. The number of halogens is 3. The molecule has 3 saturated heterocycles. The number of carbonyl (C=O) groups excluding carboxylic acids is 1. The molecule has 11 atom stereocenters. The minimum absolute atomic E-state index is 0.135. The lowest BCUT2D eigenvalue weighted by Crippen LogP contribution is -2.69. The number of ether oxygens (including phenoxy) is 10. The van der Waals surface area contributed by atoms with E-state index < -0.39 is 92.2 Å². The van der Waals surface area contributed by atoms with E-state index in [0.717, 1.165) is 28.3 Å². The molecule has 0 saturated carbocycles. The van der Waals surface area contributed by atoms with Crippen LogP contribution < -0.4 is 5.32 Å². The monoisotopic (exact) mass is 957 g/mol. The molecule has 12 nitrogen and oxygen atoms in total. The van der Waals surface area contributed by atoms with Gasteiger partial charge < -0.3 is 52.7 Å². The van der Waals surface area contributed by atoms with Crippen LogP contribution in [0.25, 0.3) is 0 Å². The van der Waals surface area contributed by atoms with E-state index in [0.29, 0.717) is 13.2 Å². The van der Waals surface area contributed by atoms with Crippen LogP contribution in [0, 0.1) is 0 Å². The number of fused-ring (bicyclic) bond motifs is 1. The first kappa shape index (κ1) is 48.8. The molecule has 16 heteroatoms. The molecule has 4 aromatic carbocycles. The Bertz CT molecular complexity index is 2000. The minimum Gasteiger partial charge on any atom is -0.445 e. The highest BCUT2D eigenvalue weighted by Crippen LogP contribution is 2.39. The summed E-state index contributed by atoms with van der Waals surface area (Å²) in [5.41, 5.74) is 3.68. The minimum atomic E-state index is -1.86. The van der Waals surface area contributed by atoms with E-state index in [1.807, 2.05) is 128 Å². The van der Waals surface area contributed by atoms with Crippen molar-refractivity contribution in [2.45, 2.75) is 124 Å². The largest absolute Gasteiger partial charge is 0.445 e. The van der Waals surface area contributed by atoms with Gasteiger partial charge in [0, 0.05) is 20.2 Å². The molecule has 0 bridgehead atoms. The Hall–Kier alpha value is -3.12. The summed E-state index contributed by atoms with van der Waals surface area (Å²) in [5, 5.41) is 2.93. The Morgan fingerprint density at radius 1 is 0.672 bits per heavy atom. The molecule has 0 radical (unpaired) electrons. The van der Waals surface area contributed by atoms with E-state index in [9.17, 15) is 4.79 Å². The van der Waals surface area contributed by atoms with Gasteiger partial charge in [0.1, 0.15) is 49.3 Å². The van der Waals surface area contributed by atoms with Crippen LogP contribution in [-0.4, -0.2) is 99.1 Å². The number of alkyl carbamates (subject to hydrolysis) is 1. The van der Waals surface area contributed by atoms with Gasteiger partial charge in [-0.25, -0.2) is 4.79 Å². The molecule has 0 aliphatic carbocycles. The maximum absolute atomic E-state index is 13.7. The lowest BCUT2D eigenvalue weighted by molar-refractivity contribution is -0.381. The highest BCUT2D eigenvalue weighted by molar-refractivity contribution is 6.76. The van der Waals surface area contributed by atoms with Crippen LogP contribution in [0.15, 0.2) is 121 Å². The third kappa shape index (κ3) is 14.2. The predicted molar refractivity (Wildman–Crippen MR) is 246 cm³/mol. The average molecular weight is 959 g/mol. The Kier molecular flexibility index (Phi) is 17.6. The standard InChI is InChI=1S/C48H58Cl3NO11Si/c1-32-39(55-27-33-17-9-5-10-18-33)42(56-28-34-19-11-6-12-20-34)43(57-29-35-21-13-7-14-22-35)46(60-32)63-41-38(52-47(53)59-31-48(49,50)51)45(54-25-26-64(2,3)4)61-37-30-58-44(62-40(37)41)36-23-15-8-16-24-36/h5-24,32,37-46H,25-31H2,1-4H3,(H,52,53)/t32-,37-,38-,39+,40-,41-,42+,43-,44-,45-,46-/m1/s1. The highest BCUT2D eigenvalue weighted by Gasteiger charge is 2.56. The van der Waals surface area contributed by atoms with Crippen LogP contribution in [0.4, 0.5) is 4.79 Å². The topological polar surface area (TPSA) is 121 Å². The summed E-state index contributed by atoms with van der Waals surface area (Å²) >= 11 is 18.0. The predicted octanol–water partition coefficient (Wildman–Crippen LogP) is 9.53. The maximum atomic E-state index is 13.7. The first-order valence-electron chi connectivity index (χ1n) is 21.7. The molecule has 0 aromatic heterocycles. The van der Waals surface area contributed by atoms with Gasteiger partial charge in [0.2, 0.25) is 3.79 Å².